The summed E-state index contributed by atoms with van der Waals surface area (Å²) < 4.78 is 25.9. The molecule has 4 nitrogen and oxygen atoms in total. The summed E-state index contributed by atoms with van der Waals surface area (Å²) >= 11 is 0. The molecule has 0 spiro atoms. The Labute approximate surface area is 167 Å². The molecule has 0 saturated carbocycles. The minimum Gasteiger partial charge on any atom is -0.400 e. The van der Waals surface area contributed by atoms with Crippen LogP contribution < -0.4 is 14.1 Å². The van der Waals surface area contributed by atoms with E-state index >= 15 is 0 Å². The second-order valence-corrected chi connectivity index (χ2v) is 8.68. The Balaban J connectivity index is 2.02. The van der Waals surface area contributed by atoms with Crippen molar-refractivity contribution in [1.29, 1.82) is 0 Å². The van der Waals surface area contributed by atoms with E-state index in [9.17, 15) is 4.57 Å². The molecule has 0 radical (unpaired) electrons. The highest BCUT2D eigenvalue weighted by atomic mass is 31.2. The lowest BCUT2D eigenvalue weighted by atomic mass is 10.1. The number of hydrogen-bond acceptors (Lipinski definition) is 3. The van der Waals surface area contributed by atoms with Gasteiger partial charge in [0.1, 0.15) is 11.5 Å². The van der Waals surface area contributed by atoms with Crippen molar-refractivity contribution in [2.75, 3.05) is 5.09 Å². The first-order valence-corrected chi connectivity index (χ1v) is 10.8. The van der Waals surface area contributed by atoms with Crippen LogP contribution in [-0.2, 0) is 4.57 Å². The number of para-hydroxylation sites is 2. The average Bonchev–Trinajstić information content (AvgIpc) is 2.64. The molecule has 0 aliphatic carbocycles. The number of benzene rings is 3. The summed E-state index contributed by atoms with van der Waals surface area (Å²) in [7, 11) is -3.76. The van der Waals surface area contributed by atoms with Crippen molar-refractivity contribution in [3.63, 3.8) is 0 Å². The molecule has 0 atom stereocenters. The van der Waals surface area contributed by atoms with E-state index in [4.69, 9.17) is 9.05 Å². The fourth-order valence-electron chi connectivity index (χ4n) is 2.98. The Kier molecular flexibility index (Phi) is 5.81. The first-order chi connectivity index (χ1) is 13.3. The van der Waals surface area contributed by atoms with Crippen LogP contribution in [0.25, 0.3) is 0 Å². The molecule has 1 N–H and O–H groups in total. The summed E-state index contributed by atoms with van der Waals surface area (Å²) in [5.41, 5.74) is 5.39. The van der Waals surface area contributed by atoms with Gasteiger partial charge >= 0.3 is 7.75 Å². The normalized spacial score (nSPS) is 11.2. The molecule has 5 heteroatoms. The molecule has 0 aromatic heterocycles. The van der Waals surface area contributed by atoms with Crippen LogP contribution in [0, 0.1) is 34.6 Å². The predicted octanol–water partition coefficient (Wildman–Crippen LogP) is 6.91. The van der Waals surface area contributed by atoms with E-state index in [1.165, 1.54) is 0 Å². The zero-order chi connectivity index (χ0) is 20.3. The van der Waals surface area contributed by atoms with Crippen LogP contribution in [0.5, 0.6) is 11.5 Å². The number of hydrogen-bond donors (Lipinski definition) is 1. The van der Waals surface area contributed by atoms with Gasteiger partial charge in [0.2, 0.25) is 0 Å². The van der Waals surface area contributed by atoms with Crippen molar-refractivity contribution in [2.45, 2.75) is 34.6 Å². The van der Waals surface area contributed by atoms with Crippen molar-refractivity contribution >= 4 is 13.4 Å². The predicted molar refractivity (Wildman–Crippen MR) is 115 cm³/mol. The molecular formula is C23H26NO3P. The fourth-order valence-corrected chi connectivity index (χ4v) is 4.63. The third kappa shape index (κ3) is 4.58. The van der Waals surface area contributed by atoms with Crippen molar-refractivity contribution in [3.8, 4) is 11.5 Å². The lowest BCUT2D eigenvalue weighted by molar-refractivity contribution is 0.388. The average molecular weight is 395 g/mol. The quantitative estimate of drug-likeness (QED) is 0.461. The second-order valence-electron chi connectivity index (χ2n) is 7.10. The van der Waals surface area contributed by atoms with Gasteiger partial charge < -0.3 is 9.05 Å². The van der Waals surface area contributed by atoms with E-state index in [1.54, 1.807) is 0 Å². The van der Waals surface area contributed by atoms with Gasteiger partial charge in [-0.1, -0.05) is 54.1 Å². The lowest BCUT2D eigenvalue weighted by Crippen LogP contribution is -2.12. The van der Waals surface area contributed by atoms with Gasteiger partial charge in [0.25, 0.3) is 0 Å². The Morgan fingerprint density at radius 3 is 1.43 bits per heavy atom. The topological polar surface area (TPSA) is 47.6 Å². The van der Waals surface area contributed by atoms with Crippen LogP contribution in [0.1, 0.15) is 27.8 Å². The van der Waals surface area contributed by atoms with E-state index in [1.807, 2.05) is 95.3 Å². The van der Waals surface area contributed by atoms with Crippen molar-refractivity contribution in [3.05, 3.63) is 88.5 Å². The minimum atomic E-state index is -3.76. The number of aryl methyl sites for hydroxylation is 5. The lowest BCUT2D eigenvalue weighted by Gasteiger charge is -2.24. The van der Waals surface area contributed by atoms with E-state index in [0.717, 1.165) is 27.8 Å². The maximum absolute atomic E-state index is 13.9. The van der Waals surface area contributed by atoms with Gasteiger partial charge in [-0.25, -0.2) is 4.57 Å². The van der Waals surface area contributed by atoms with Gasteiger partial charge in [0, 0.05) is 5.69 Å². The van der Waals surface area contributed by atoms with E-state index in [-0.39, 0.29) is 0 Å². The van der Waals surface area contributed by atoms with Gasteiger partial charge in [-0.05, 0) is 69.0 Å². The molecule has 0 aliphatic heterocycles. The number of anilines is 1. The monoisotopic (exact) mass is 395 g/mol. The van der Waals surface area contributed by atoms with Crippen LogP contribution in [0.15, 0.2) is 60.7 Å². The Morgan fingerprint density at radius 1 is 0.643 bits per heavy atom. The first-order valence-electron chi connectivity index (χ1n) is 9.24. The molecule has 3 aromatic rings. The molecule has 28 heavy (non-hydrogen) atoms. The molecule has 3 rings (SSSR count). The number of nitrogens with one attached hydrogen (secondary N) is 1. The highest BCUT2D eigenvalue weighted by molar-refractivity contribution is 7.56. The minimum absolute atomic E-state index is 0.566. The van der Waals surface area contributed by atoms with E-state index < -0.39 is 7.75 Å². The highest BCUT2D eigenvalue weighted by Crippen LogP contribution is 2.51. The van der Waals surface area contributed by atoms with Crippen molar-refractivity contribution in [2.24, 2.45) is 0 Å². The zero-order valence-electron chi connectivity index (χ0n) is 16.9. The van der Waals surface area contributed by atoms with Crippen molar-refractivity contribution in [1.82, 2.24) is 0 Å². The summed E-state index contributed by atoms with van der Waals surface area (Å²) in [6, 6.07) is 19.2. The molecule has 0 unspecified atom stereocenters. The maximum Gasteiger partial charge on any atom is 0.541 e. The van der Waals surface area contributed by atoms with Gasteiger partial charge in [0.15, 0.2) is 0 Å². The SMILES string of the molecule is Cc1ccc(NP(=O)(Oc2c(C)cccc2C)Oc2c(C)cccc2C)cc1. The molecule has 3 aromatic carbocycles. The summed E-state index contributed by atoms with van der Waals surface area (Å²) in [6.45, 7) is 9.72. The van der Waals surface area contributed by atoms with Crippen molar-refractivity contribution < 1.29 is 13.6 Å². The van der Waals surface area contributed by atoms with E-state index in [0.29, 0.717) is 17.2 Å². The molecule has 0 amide bonds. The molecule has 146 valence electrons. The summed E-state index contributed by atoms with van der Waals surface area (Å²) in [5.74, 6) is 1.13. The van der Waals surface area contributed by atoms with Crippen LogP contribution >= 0.6 is 7.75 Å². The first kappa shape index (κ1) is 20.0. The zero-order valence-corrected chi connectivity index (χ0v) is 17.8. The van der Waals surface area contributed by atoms with Gasteiger partial charge in [-0.3, -0.25) is 5.09 Å². The third-order valence-electron chi connectivity index (χ3n) is 4.56. The molecule has 0 aliphatic rings. The van der Waals surface area contributed by atoms with E-state index in [2.05, 4.69) is 5.09 Å². The molecular weight excluding hydrogens is 369 g/mol. The smallest absolute Gasteiger partial charge is 0.400 e. The molecule has 0 bridgehead atoms. The molecule has 0 fully saturated rings. The molecule has 0 saturated heterocycles. The van der Waals surface area contributed by atoms with Crippen LogP contribution in [0.2, 0.25) is 0 Å². The molecule has 0 heterocycles. The summed E-state index contributed by atoms with van der Waals surface area (Å²) in [5, 5.41) is 3.00. The Hall–Kier alpha value is -2.71. The van der Waals surface area contributed by atoms with Crippen LogP contribution in [-0.4, -0.2) is 0 Å². The van der Waals surface area contributed by atoms with Crippen LogP contribution in [0.4, 0.5) is 5.69 Å². The number of rotatable bonds is 6. The summed E-state index contributed by atoms with van der Waals surface area (Å²) in [6.07, 6.45) is 0. The van der Waals surface area contributed by atoms with Gasteiger partial charge in [-0.15, -0.1) is 0 Å². The fraction of sp³-hybridized carbons (Fsp3) is 0.217. The van der Waals surface area contributed by atoms with Gasteiger partial charge in [0.05, 0.1) is 0 Å². The maximum atomic E-state index is 13.9. The summed E-state index contributed by atoms with van der Waals surface area (Å²) in [4.78, 5) is 0. The second kappa shape index (κ2) is 8.12. The largest absolute Gasteiger partial charge is 0.541 e. The standard InChI is InChI=1S/C23H26NO3P/c1-16-12-14-21(15-13-16)24-28(25,26-22-17(2)8-6-9-18(22)3)27-23-19(4)10-7-11-20(23)5/h6-15H,1-5H3,(H,24,25). The Bertz CT molecular complexity index is 931. The van der Waals surface area contributed by atoms with Gasteiger partial charge in [-0.2, -0.15) is 0 Å². The Morgan fingerprint density at radius 2 is 1.04 bits per heavy atom. The van der Waals surface area contributed by atoms with Crippen LogP contribution in [0.3, 0.4) is 0 Å². The highest BCUT2D eigenvalue weighted by Gasteiger charge is 2.31. The third-order valence-corrected chi connectivity index (χ3v) is 5.94.